The van der Waals surface area contributed by atoms with Crippen LogP contribution in [0.5, 0.6) is 5.75 Å². The molecule has 0 spiro atoms. The van der Waals surface area contributed by atoms with E-state index in [-0.39, 0.29) is 6.47 Å². The van der Waals surface area contributed by atoms with Crippen molar-refractivity contribution < 1.29 is 14.6 Å². The number of hydrogen-bond acceptors (Lipinski definition) is 5. The van der Waals surface area contributed by atoms with Crippen molar-refractivity contribution in [2.45, 2.75) is 39.0 Å². The molecule has 0 fully saturated rings. The topological polar surface area (TPSA) is 61.8 Å². The lowest BCUT2D eigenvalue weighted by molar-refractivity contribution is -0.122. The first-order valence-electron chi connectivity index (χ1n) is 9.75. The number of terminal acetylenes is 1. The Morgan fingerprint density at radius 1 is 1.33 bits per heavy atom. The number of nitrogens with one attached hydrogen (secondary N) is 1. The van der Waals surface area contributed by atoms with Crippen LogP contribution in [0.3, 0.4) is 0 Å². The molecule has 2 N–H and O–H groups in total. The molecule has 30 heavy (non-hydrogen) atoms. The number of carbonyl (C=O) groups is 1. The molecule has 0 saturated carbocycles. The van der Waals surface area contributed by atoms with Gasteiger partial charge in [0.25, 0.3) is 6.47 Å². The molecule has 0 heterocycles. The third-order valence-corrected chi connectivity index (χ3v) is 4.22. The molecule has 0 bridgehead atoms. The Kier molecular flexibility index (Phi) is 26.9. The minimum Gasteiger partial charge on any atom is -0.497 e. The van der Waals surface area contributed by atoms with Crippen LogP contribution >= 0.6 is 11.9 Å². The van der Waals surface area contributed by atoms with Crippen molar-refractivity contribution in [1.82, 2.24) is 9.62 Å². The van der Waals surface area contributed by atoms with Gasteiger partial charge in [-0.15, -0.1) is 12.8 Å². The smallest absolute Gasteiger partial charge is 0.290 e. The predicted octanol–water partition coefficient (Wildman–Crippen LogP) is 5.36. The molecule has 170 valence electrons. The highest BCUT2D eigenvalue weighted by atomic mass is 32.2. The maximum Gasteiger partial charge on any atom is 0.290 e. The van der Waals surface area contributed by atoms with Crippen LogP contribution in [0, 0.1) is 18.8 Å². The number of allylic oxidation sites excluding steroid dienone is 3. The van der Waals surface area contributed by atoms with Gasteiger partial charge < -0.3 is 15.2 Å². The Balaban J connectivity index is -0.000000552. The summed E-state index contributed by atoms with van der Waals surface area (Å²) in [5.74, 6) is 1.59. The Morgan fingerprint density at radius 2 is 1.87 bits per heavy atom. The van der Waals surface area contributed by atoms with Crippen LogP contribution in [-0.2, 0) is 4.79 Å². The number of nitrogens with zero attached hydrogens (tertiary/aromatic N) is 1. The summed E-state index contributed by atoms with van der Waals surface area (Å²) in [4.78, 5) is 9.63. The molecule has 0 amide bonds. The molecule has 0 aliphatic carbocycles. The van der Waals surface area contributed by atoms with E-state index in [0.29, 0.717) is 5.92 Å². The summed E-state index contributed by atoms with van der Waals surface area (Å²) in [7, 11) is 3.70. The van der Waals surface area contributed by atoms with Gasteiger partial charge in [0.15, 0.2) is 0 Å². The maximum atomic E-state index is 8.36. The van der Waals surface area contributed by atoms with Crippen LogP contribution in [0.15, 0.2) is 53.5 Å². The molecule has 1 aromatic carbocycles. The van der Waals surface area contributed by atoms with Gasteiger partial charge in [-0.05, 0) is 76.0 Å². The largest absolute Gasteiger partial charge is 0.497 e. The predicted molar refractivity (Wildman–Crippen MR) is 132 cm³/mol. The number of methoxy groups -OCH3 is 1. The van der Waals surface area contributed by atoms with E-state index in [4.69, 9.17) is 14.6 Å². The van der Waals surface area contributed by atoms with Gasteiger partial charge in [0.1, 0.15) is 5.75 Å². The maximum absolute atomic E-state index is 8.36. The fraction of sp³-hybridized carbons (Fsp3) is 0.458. The average molecular weight is 437 g/mol. The SMILES string of the molecule is C#C.C=C(C)/C=C\C.CNCCCN(CC(C)C)Sc1ccc(OC)cc1.O=CO. The zero-order valence-electron chi connectivity index (χ0n) is 19.4. The standard InChI is InChI=1S/C15H26N2OS.C6H10.C2H2.CH2O2/c1-13(2)12-17(11-5-10-16-3)19-15-8-6-14(18-4)7-9-15;1-4-5-6(2)3;1-2;2-1-3/h6-9,13,16H,5,10-12H2,1-4H3;4-5H,2H2,1,3H3;1-2H;1H,(H,2,3)/b;5-4-;;. The average Bonchev–Trinajstić information content (AvgIpc) is 2.71. The number of hydrogen-bond donors (Lipinski definition) is 2. The number of carboxylic acid groups (broad SMARTS) is 1. The van der Waals surface area contributed by atoms with Crippen LogP contribution < -0.4 is 10.1 Å². The van der Waals surface area contributed by atoms with Crippen LogP contribution in [0.2, 0.25) is 0 Å². The molecule has 5 nitrogen and oxygen atoms in total. The molecule has 0 radical (unpaired) electrons. The lowest BCUT2D eigenvalue weighted by Gasteiger charge is -2.23. The molecular weight excluding hydrogens is 396 g/mol. The molecule has 0 aliphatic rings. The third-order valence-electron chi connectivity index (χ3n) is 3.15. The van der Waals surface area contributed by atoms with Gasteiger partial charge >= 0.3 is 0 Å². The highest BCUT2D eigenvalue weighted by Crippen LogP contribution is 2.25. The van der Waals surface area contributed by atoms with E-state index in [0.717, 1.165) is 31.0 Å². The Bertz CT molecular complexity index is 570. The van der Waals surface area contributed by atoms with Crippen molar-refractivity contribution in [1.29, 1.82) is 0 Å². The summed E-state index contributed by atoms with van der Waals surface area (Å²) in [6.07, 6.45) is 13.1. The zero-order chi connectivity index (χ0) is 23.8. The third kappa shape index (κ3) is 23.8. The van der Waals surface area contributed by atoms with Gasteiger partial charge in [-0.1, -0.05) is 38.2 Å². The van der Waals surface area contributed by atoms with Crippen LogP contribution in [0.4, 0.5) is 0 Å². The monoisotopic (exact) mass is 436 g/mol. The minimum absolute atomic E-state index is 0.250. The first-order chi connectivity index (χ1) is 14.3. The molecule has 1 aromatic rings. The molecule has 0 aromatic heterocycles. The summed E-state index contributed by atoms with van der Waals surface area (Å²) in [6, 6.07) is 8.27. The van der Waals surface area contributed by atoms with Gasteiger partial charge in [0.2, 0.25) is 0 Å². The fourth-order valence-corrected chi connectivity index (χ4v) is 3.23. The first-order valence-corrected chi connectivity index (χ1v) is 10.5. The van der Waals surface area contributed by atoms with E-state index in [1.165, 1.54) is 11.3 Å². The van der Waals surface area contributed by atoms with Crippen LogP contribution in [0.1, 0.15) is 34.1 Å². The highest BCUT2D eigenvalue weighted by Gasteiger charge is 2.09. The molecule has 0 atom stereocenters. The van der Waals surface area contributed by atoms with E-state index >= 15 is 0 Å². The van der Waals surface area contributed by atoms with E-state index in [1.54, 1.807) is 7.11 Å². The van der Waals surface area contributed by atoms with Crippen molar-refractivity contribution in [2.24, 2.45) is 5.92 Å². The molecular formula is C24H40N2O3S. The lowest BCUT2D eigenvalue weighted by atomic mass is 10.2. The van der Waals surface area contributed by atoms with E-state index in [1.807, 2.05) is 57.1 Å². The number of benzene rings is 1. The Hall–Kier alpha value is -2.20. The molecule has 0 saturated heterocycles. The van der Waals surface area contributed by atoms with E-state index in [9.17, 15) is 0 Å². The van der Waals surface area contributed by atoms with Gasteiger partial charge in [-0.2, -0.15) is 0 Å². The van der Waals surface area contributed by atoms with E-state index in [2.05, 4.69) is 55.0 Å². The molecule has 0 unspecified atom stereocenters. The van der Waals surface area contributed by atoms with Crippen LogP contribution in [0.25, 0.3) is 0 Å². The lowest BCUT2D eigenvalue weighted by Crippen LogP contribution is -2.24. The number of ether oxygens (including phenoxy) is 1. The molecule has 6 heteroatoms. The van der Waals surface area contributed by atoms with Gasteiger partial charge in [-0.25, -0.2) is 4.31 Å². The molecule has 0 aliphatic heterocycles. The second kappa shape index (κ2) is 24.8. The Morgan fingerprint density at radius 3 is 2.20 bits per heavy atom. The van der Waals surface area contributed by atoms with Gasteiger partial charge in [-0.3, -0.25) is 4.79 Å². The van der Waals surface area contributed by atoms with E-state index < -0.39 is 0 Å². The van der Waals surface area contributed by atoms with Crippen molar-refractivity contribution in [3.8, 4) is 18.6 Å². The summed E-state index contributed by atoms with van der Waals surface area (Å²) in [5, 5.41) is 10.1. The second-order valence-corrected chi connectivity index (χ2v) is 7.63. The highest BCUT2D eigenvalue weighted by molar-refractivity contribution is 7.97. The van der Waals surface area contributed by atoms with Gasteiger partial charge in [0, 0.05) is 18.0 Å². The van der Waals surface area contributed by atoms with Crippen LogP contribution in [-0.4, -0.2) is 49.7 Å². The quantitative estimate of drug-likeness (QED) is 0.169. The summed E-state index contributed by atoms with van der Waals surface area (Å²) in [5.41, 5.74) is 1.11. The molecule has 1 rings (SSSR count). The summed E-state index contributed by atoms with van der Waals surface area (Å²) >= 11 is 1.84. The fourth-order valence-electron chi connectivity index (χ4n) is 2.08. The minimum atomic E-state index is -0.250. The van der Waals surface area contributed by atoms with Crippen molar-refractivity contribution in [3.05, 3.63) is 48.6 Å². The van der Waals surface area contributed by atoms with Crippen molar-refractivity contribution >= 4 is 18.4 Å². The van der Waals surface area contributed by atoms with Crippen molar-refractivity contribution in [2.75, 3.05) is 33.8 Å². The summed E-state index contributed by atoms with van der Waals surface area (Å²) in [6.45, 7) is 15.2. The second-order valence-electron chi connectivity index (χ2n) is 6.46. The number of rotatable bonds is 10. The van der Waals surface area contributed by atoms with Gasteiger partial charge in [0.05, 0.1) is 7.11 Å². The van der Waals surface area contributed by atoms with Crippen molar-refractivity contribution in [3.63, 3.8) is 0 Å². The zero-order valence-corrected chi connectivity index (χ0v) is 20.2. The first kappa shape index (κ1) is 32.5. The Labute approximate surface area is 188 Å². The summed E-state index contributed by atoms with van der Waals surface area (Å²) < 4.78 is 7.64. The normalized spacial score (nSPS) is 9.53.